The zero-order valence-corrected chi connectivity index (χ0v) is 15.3. The number of rotatable bonds is 4. The number of nitrogens with zero attached hydrogens (tertiary/aromatic N) is 1. The van der Waals surface area contributed by atoms with Gasteiger partial charge in [-0.15, -0.1) is 0 Å². The van der Waals surface area contributed by atoms with Gasteiger partial charge in [-0.25, -0.2) is 13.2 Å². The molecule has 1 heterocycles. The van der Waals surface area contributed by atoms with Crippen molar-refractivity contribution >= 4 is 26.7 Å². The van der Waals surface area contributed by atoms with Crippen molar-refractivity contribution in [3.8, 4) is 11.5 Å². The Bertz CT molecular complexity index is 1110. The fraction of sp³-hybridized carbons (Fsp3) is 0.158. The van der Waals surface area contributed by atoms with Gasteiger partial charge in [0.2, 0.25) is 0 Å². The summed E-state index contributed by atoms with van der Waals surface area (Å²) in [5.41, 5.74) is 1.86. The molecule has 0 unspecified atom stereocenters. The maximum atomic E-state index is 12.1. The van der Waals surface area contributed by atoms with Gasteiger partial charge >= 0.3 is 5.97 Å². The molecule has 0 radical (unpaired) electrons. The fourth-order valence-corrected chi connectivity index (χ4v) is 3.34. The number of ether oxygens (including phenoxy) is 2. The van der Waals surface area contributed by atoms with Gasteiger partial charge in [0, 0.05) is 17.3 Å². The number of fused-ring (bicyclic) bond motifs is 1. The molecule has 0 saturated carbocycles. The Hall–Kier alpha value is -2.93. The molecule has 0 bridgehead atoms. The van der Waals surface area contributed by atoms with Gasteiger partial charge in [0.1, 0.15) is 16.4 Å². The molecule has 0 spiro atoms. The van der Waals surface area contributed by atoms with Crippen molar-refractivity contribution in [3.05, 3.63) is 59.8 Å². The topological polar surface area (TPSA) is 82.6 Å². The zero-order chi connectivity index (χ0) is 18.9. The SMILES string of the molecule is COC(=O)c1ccc(Oc2ccc3nc(C)ccc3c2)c(S(C)(=O)=O)c1. The van der Waals surface area contributed by atoms with Gasteiger partial charge in [0.25, 0.3) is 0 Å². The standard InChI is InChI=1S/C19H17NO5S/c1-12-4-5-13-10-15(7-8-16(13)20-12)25-17-9-6-14(19(21)24-2)11-18(17)26(3,22)23/h4-11H,1-3H3. The van der Waals surface area contributed by atoms with Crippen LogP contribution in [0, 0.1) is 6.92 Å². The van der Waals surface area contributed by atoms with Crippen molar-refractivity contribution < 1.29 is 22.7 Å². The molecule has 0 N–H and O–H groups in total. The molecule has 0 atom stereocenters. The lowest BCUT2D eigenvalue weighted by atomic mass is 10.2. The number of aryl methyl sites for hydroxylation is 1. The molecule has 6 nitrogen and oxygen atoms in total. The van der Waals surface area contributed by atoms with E-state index in [0.29, 0.717) is 5.75 Å². The Balaban J connectivity index is 2.04. The number of aromatic nitrogens is 1. The highest BCUT2D eigenvalue weighted by Crippen LogP contribution is 2.31. The van der Waals surface area contributed by atoms with E-state index in [1.807, 2.05) is 19.1 Å². The molecular weight excluding hydrogens is 354 g/mol. The lowest BCUT2D eigenvalue weighted by Crippen LogP contribution is -2.06. The van der Waals surface area contributed by atoms with Crippen LogP contribution in [0.5, 0.6) is 11.5 Å². The second-order valence-corrected chi connectivity index (χ2v) is 7.82. The van der Waals surface area contributed by atoms with Gasteiger partial charge in [-0.3, -0.25) is 4.98 Å². The van der Waals surface area contributed by atoms with Crippen LogP contribution < -0.4 is 4.74 Å². The number of carbonyl (C=O) groups is 1. The smallest absolute Gasteiger partial charge is 0.337 e. The van der Waals surface area contributed by atoms with Crippen LogP contribution in [0.2, 0.25) is 0 Å². The molecule has 0 aliphatic rings. The maximum Gasteiger partial charge on any atom is 0.337 e. The predicted octanol–water partition coefficient (Wildman–Crippen LogP) is 3.53. The molecule has 0 aliphatic heterocycles. The molecule has 3 rings (SSSR count). The second-order valence-electron chi connectivity index (χ2n) is 5.83. The molecule has 3 aromatic rings. The van der Waals surface area contributed by atoms with Crippen molar-refractivity contribution in [1.29, 1.82) is 0 Å². The van der Waals surface area contributed by atoms with Crippen molar-refractivity contribution in [3.63, 3.8) is 0 Å². The largest absolute Gasteiger partial charge is 0.465 e. The summed E-state index contributed by atoms with van der Waals surface area (Å²) in [6.07, 6.45) is 1.06. The Kier molecular flexibility index (Phi) is 4.65. The maximum absolute atomic E-state index is 12.1. The van der Waals surface area contributed by atoms with Crippen LogP contribution in [0.1, 0.15) is 16.1 Å². The predicted molar refractivity (Wildman–Crippen MR) is 97.4 cm³/mol. The Morgan fingerprint density at radius 2 is 1.81 bits per heavy atom. The van der Waals surface area contributed by atoms with E-state index in [4.69, 9.17) is 4.74 Å². The number of hydrogen-bond acceptors (Lipinski definition) is 6. The molecule has 0 saturated heterocycles. The normalized spacial score (nSPS) is 11.3. The third kappa shape index (κ3) is 3.67. The molecule has 0 fully saturated rings. The van der Waals surface area contributed by atoms with E-state index >= 15 is 0 Å². The van der Waals surface area contributed by atoms with Crippen molar-refractivity contribution in [2.24, 2.45) is 0 Å². The van der Waals surface area contributed by atoms with Crippen molar-refractivity contribution in [1.82, 2.24) is 4.98 Å². The number of pyridine rings is 1. The summed E-state index contributed by atoms with van der Waals surface area (Å²) in [7, 11) is -2.38. The van der Waals surface area contributed by atoms with Gasteiger partial charge in [-0.05, 0) is 49.4 Å². The Labute approximate surface area is 151 Å². The fourth-order valence-electron chi connectivity index (χ4n) is 2.52. The third-order valence-electron chi connectivity index (χ3n) is 3.79. The van der Waals surface area contributed by atoms with E-state index in [1.165, 1.54) is 25.3 Å². The van der Waals surface area contributed by atoms with Crippen LogP contribution in [0.4, 0.5) is 0 Å². The van der Waals surface area contributed by atoms with Gasteiger partial charge in [0.05, 0.1) is 18.2 Å². The molecule has 1 aromatic heterocycles. The van der Waals surface area contributed by atoms with E-state index in [2.05, 4.69) is 9.72 Å². The van der Waals surface area contributed by atoms with Crippen LogP contribution in [0.3, 0.4) is 0 Å². The Morgan fingerprint density at radius 3 is 2.50 bits per heavy atom. The van der Waals surface area contributed by atoms with Gasteiger partial charge in [-0.2, -0.15) is 0 Å². The highest BCUT2D eigenvalue weighted by molar-refractivity contribution is 7.90. The first-order chi connectivity index (χ1) is 12.3. The van der Waals surface area contributed by atoms with Gasteiger partial charge in [0.15, 0.2) is 9.84 Å². The summed E-state index contributed by atoms with van der Waals surface area (Å²) >= 11 is 0. The molecule has 2 aromatic carbocycles. The Morgan fingerprint density at radius 1 is 1.04 bits per heavy atom. The summed E-state index contributed by atoms with van der Waals surface area (Å²) in [6.45, 7) is 1.91. The number of hydrogen-bond donors (Lipinski definition) is 0. The van der Waals surface area contributed by atoms with Crippen molar-refractivity contribution in [2.45, 2.75) is 11.8 Å². The summed E-state index contributed by atoms with van der Waals surface area (Å²) in [4.78, 5) is 16.0. The molecule has 7 heteroatoms. The molecule has 26 heavy (non-hydrogen) atoms. The number of esters is 1. The lowest BCUT2D eigenvalue weighted by Gasteiger charge is -2.12. The average molecular weight is 371 g/mol. The highest BCUT2D eigenvalue weighted by Gasteiger charge is 2.19. The number of benzene rings is 2. The first-order valence-electron chi connectivity index (χ1n) is 7.75. The van der Waals surface area contributed by atoms with Crippen LogP contribution in [0.15, 0.2) is 53.4 Å². The van der Waals surface area contributed by atoms with E-state index in [9.17, 15) is 13.2 Å². The van der Waals surface area contributed by atoms with Crippen LogP contribution in [-0.4, -0.2) is 32.7 Å². The van der Waals surface area contributed by atoms with E-state index < -0.39 is 15.8 Å². The van der Waals surface area contributed by atoms with Crippen LogP contribution in [-0.2, 0) is 14.6 Å². The quantitative estimate of drug-likeness (QED) is 0.653. The number of sulfone groups is 1. The minimum atomic E-state index is -3.61. The zero-order valence-electron chi connectivity index (χ0n) is 14.5. The van der Waals surface area contributed by atoms with E-state index in [1.54, 1.807) is 18.2 Å². The van der Waals surface area contributed by atoms with Crippen LogP contribution in [0.25, 0.3) is 10.9 Å². The third-order valence-corrected chi connectivity index (χ3v) is 4.91. The summed E-state index contributed by atoms with van der Waals surface area (Å²) in [5.74, 6) is -0.00737. The second kappa shape index (κ2) is 6.76. The van der Waals surface area contributed by atoms with Gasteiger partial charge in [-0.1, -0.05) is 6.07 Å². The summed E-state index contributed by atoms with van der Waals surface area (Å²) in [6, 6.07) is 13.3. The first-order valence-corrected chi connectivity index (χ1v) is 9.65. The summed E-state index contributed by atoms with van der Waals surface area (Å²) < 4.78 is 34.7. The minimum Gasteiger partial charge on any atom is -0.465 e. The van der Waals surface area contributed by atoms with Crippen LogP contribution >= 0.6 is 0 Å². The number of methoxy groups -OCH3 is 1. The van der Waals surface area contributed by atoms with Crippen molar-refractivity contribution in [2.75, 3.05) is 13.4 Å². The van der Waals surface area contributed by atoms with E-state index in [-0.39, 0.29) is 16.2 Å². The highest BCUT2D eigenvalue weighted by atomic mass is 32.2. The molecule has 0 aliphatic carbocycles. The molecule has 134 valence electrons. The first kappa shape index (κ1) is 17.9. The summed E-state index contributed by atoms with van der Waals surface area (Å²) in [5, 5.41) is 0.875. The molecular formula is C19H17NO5S. The number of carbonyl (C=O) groups excluding carboxylic acids is 1. The van der Waals surface area contributed by atoms with E-state index in [0.717, 1.165) is 22.9 Å². The monoisotopic (exact) mass is 371 g/mol. The minimum absolute atomic E-state index is 0.0810. The molecule has 0 amide bonds. The average Bonchev–Trinajstić information content (AvgIpc) is 2.60. The lowest BCUT2D eigenvalue weighted by molar-refractivity contribution is 0.0600. The van der Waals surface area contributed by atoms with Gasteiger partial charge < -0.3 is 9.47 Å².